The zero-order valence-electron chi connectivity index (χ0n) is 6.95. The summed E-state index contributed by atoms with van der Waals surface area (Å²) >= 11 is 0. The molecule has 0 rings (SSSR count). The average molecular weight is 153 g/mol. The van der Waals surface area contributed by atoms with Gasteiger partial charge in [-0.1, -0.05) is 26.2 Å². The molecule has 1 atom stereocenters. The Hall–Kier alpha value is -0.810. The summed E-state index contributed by atoms with van der Waals surface area (Å²) in [5, 5.41) is 17.3. The molecule has 0 bridgehead atoms. The van der Waals surface area contributed by atoms with Crippen LogP contribution < -0.4 is 0 Å². The quantitative estimate of drug-likeness (QED) is 0.485. The fraction of sp³-hybridized carbons (Fsp3) is 0.667. The Bertz CT molecular complexity index is 146. The number of aliphatic hydroxyl groups is 1. The molecule has 0 spiro atoms. The maximum absolute atomic E-state index is 9.17. The molecule has 0 aliphatic carbocycles. The van der Waals surface area contributed by atoms with Crippen LogP contribution in [0.2, 0.25) is 0 Å². The molecule has 0 aliphatic rings. The van der Waals surface area contributed by atoms with Gasteiger partial charge in [0.05, 0.1) is 12.2 Å². The fourth-order valence-corrected chi connectivity index (χ4v) is 0.854. The van der Waals surface area contributed by atoms with Crippen LogP contribution in [0, 0.1) is 11.3 Å². The number of nitriles is 1. The highest BCUT2D eigenvalue weighted by molar-refractivity contribution is 5.04. The van der Waals surface area contributed by atoms with Crippen molar-refractivity contribution in [2.75, 3.05) is 0 Å². The third kappa shape index (κ3) is 7.08. The van der Waals surface area contributed by atoms with Gasteiger partial charge in [0.25, 0.3) is 0 Å². The average Bonchev–Trinajstić information content (AvgIpc) is 2.01. The second kappa shape index (κ2) is 7.30. The van der Waals surface area contributed by atoms with Crippen LogP contribution in [0.4, 0.5) is 0 Å². The normalized spacial score (nSPS) is 13.2. The number of unbranched alkanes of at least 4 members (excludes halogenated alkanes) is 2. The lowest BCUT2D eigenvalue weighted by molar-refractivity contribution is 0.208. The zero-order valence-corrected chi connectivity index (χ0v) is 6.95. The van der Waals surface area contributed by atoms with Gasteiger partial charge in [-0.05, 0) is 12.5 Å². The second-order valence-corrected chi connectivity index (χ2v) is 2.55. The minimum atomic E-state index is -0.429. The van der Waals surface area contributed by atoms with Crippen LogP contribution in [-0.2, 0) is 0 Å². The van der Waals surface area contributed by atoms with Crippen molar-refractivity contribution in [2.45, 2.75) is 38.7 Å². The van der Waals surface area contributed by atoms with E-state index < -0.39 is 6.10 Å². The molecule has 2 nitrogen and oxygen atoms in total. The molecule has 0 amide bonds. The van der Waals surface area contributed by atoms with E-state index in [4.69, 9.17) is 10.4 Å². The molecule has 0 unspecified atom stereocenters. The predicted octanol–water partition coefficient (Wildman–Crippen LogP) is 2.01. The van der Waals surface area contributed by atoms with E-state index in [9.17, 15) is 0 Å². The van der Waals surface area contributed by atoms with E-state index in [0.29, 0.717) is 0 Å². The third-order valence-electron chi connectivity index (χ3n) is 1.50. The van der Waals surface area contributed by atoms with E-state index in [1.54, 1.807) is 0 Å². The van der Waals surface area contributed by atoms with Crippen LogP contribution in [0.15, 0.2) is 12.2 Å². The molecule has 0 saturated heterocycles. The molecule has 0 aromatic carbocycles. The molecule has 0 aliphatic heterocycles. The standard InChI is InChI=1S/C9H15NO/c1-2-3-4-6-9(11)7-5-8-10/h5,7,9,11H,2-4,6H2,1H3/b7-5-/t9-/m0/s1. The highest BCUT2D eigenvalue weighted by Gasteiger charge is 1.96. The van der Waals surface area contributed by atoms with Crippen LogP contribution in [-0.4, -0.2) is 11.2 Å². The molecule has 11 heavy (non-hydrogen) atoms. The van der Waals surface area contributed by atoms with Crippen molar-refractivity contribution < 1.29 is 5.11 Å². The third-order valence-corrected chi connectivity index (χ3v) is 1.50. The Balaban J connectivity index is 3.31. The van der Waals surface area contributed by atoms with E-state index in [1.165, 1.54) is 12.2 Å². The minimum Gasteiger partial charge on any atom is -0.389 e. The van der Waals surface area contributed by atoms with Crippen molar-refractivity contribution in [3.05, 3.63) is 12.2 Å². The van der Waals surface area contributed by atoms with Crippen LogP contribution in [0.5, 0.6) is 0 Å². The summed E-state index contributed by atoms with van der Waals surface area (Å²) in [6, 6.07) is 1.85. The van der Waals surface area contributed by atoms with Crippen molar-refractivity contribution in [2.24, 2.45) is 0 Å². The number of allylic oxidation sites excluding steroid dienone is 1. The number of aliphatic hydroxyl groups excluding tert-OH is 1. The van der Waals surface area contributed by atoms with E-state index in [-0.39, 0.29) is 0 Å². The summed E-state index contributed by atoms with van der Waals surface area (Å²) < 4.78 is 0. The minimum absolute atomic E-state index is 0.429. The molecule has 0 aromatic rings. The van der Waals surface area contributed by atoms with Crippen LogP contribution in [0.1, 0.15) is 32.6 Å². The van der Waals surface area contributed by atoms with Gasteiger partial charge >= 0.3 is 0 Å². The SMILES string of the molecule is CCCCC[C@H](O)/C=C\C#N. The van der Waals surface area contributed by atoms with Gasteiger partial charge in [0.1, 0.15) is 0 Å². The highest BCUT2D eigenvalue weighted by Crippen LogP contribution is 2.03. The Morgan fingerprint density at radius 1 is 1.55 bits per heavy atom. The maximum atomic E-state index is 9.17. The van der Waals surface area contributed by atoms with Gasteiger partial charge in [0, 0.05) is 6.08 Å². The molecule has 0 fully saturated rings. The summed E-state index contributed by atoms with van der Waals surface area (Å²) in [7, 11) is 0. The van der Waals surface area contributed by atoms with Gasteiger partial charge in [0.2, 0.25) is 0 Å². The molecular weight excluding hydrogens is 138 g/mol. The topological polar surface area (TPSA) is 44.0 Å². The summed E-state index contributed by atoms with van der Waals surface area (Å²) in [4.78, 5) is 0. The summed E-state index contributed by atoms with van der Waals surface area (Å²) in [6.45, 7) is 2.12. The number of hydrogen-bond acceptors (Lipinski definition) is 2. The molecule has 0 radical (unpaired) electrons. The summed E-state index contributed by atoms with van der Waals surface area (Å²) in [6.07, 6.45) is 6.55. The van der Waals surface area contributed by atoms with E-state index in [2.05, 4.69) is 6.92 Å². The van der Waals surface area contributed by atoms with Gasteiger partial charge in [-0.2, -0.15) is 5.26 Å². The zero-order chi connectivity index (χ0) is 8.53. The van der Waals surface area contributed by atoms with Gasteiger partial charge in [0.15, 0.2) is 0 Å². The van der Waals surface area contributed by atoms with Crippen LogP contribution in [0.25, 0.3) is 0 Å². The first-order valence-corrected chi connectivity index (χ1v) is 4.05. The molecular formula is C9H15NO. The summed E-state index contributed by atoms with van der Waals surface area (Å²) in [5.41, 5.74) is 0. The second-order valence-electron chi connectivity index (χ2n) is 2.55. The monoisotopic (exact) mass is 153 g/mol. The molecule has 0 saturated carbocycles. The lowest BCUT2D eigenvalue weighted by Crippen LogP contribution is -2.00. The van der Waals surface area contributed by atoms with Gasteiger partial charge in [-0.25, -0.2) is 0 Å². The molecule has 0 heterocycles. The fourth-order valence-electron chi connectivity index (χ4n) is 0.854. The number of hydrogen-bond donors (Lipinski definition) is 1. The van der Waals surface area contributed by atoms with Crippen molar-refractivity contribution in [3.8, 4) is 6.07 Å². The van der Waals surface area contributed by atoms with Crippen molar-refractivity contribution >= 4 is 0 Å². The van der Waals surface area contributed by atoms with Crippen molar-refractivity contribution in [1.29, 1.82) is 5.26 Å². The Kier molecular flexibility index (Phi) is 6.76. The Morgan fingerprint density at radius 2 is 2.27 bits per heavy atom. The largest absolute Gasteiger partial charge is 0.389 e. The lowest BCUT2D eigenvalue weighted by atomic mass is 10.1. The first kappa shape index (κ1) is 10.2. The first-order chi connectivity index (χ1) is 5.31. The Morgan fingerprint density at radius 3 is 2.82 bits per heavy atom. The van der Waals surface area contributed by atoms with E-state index >= 15 is 0 Å². The van der Waals surface area contributed by atoms with Crippen LogP contribution in [0.3, 0.4) is 0 Å². The van der Waals surface area contributed by atoms with Gasteiger partial charge < -0.3 is 5.11 Å². The first-order valence-electron chi connectivity index (χ1n) is 4.05. The Labute approximate surface area is 68.2 Å². The smallest absolute Gasteiger partial charge is 0.0909 e. The molecule has 62 valence electrons. The predicted molar refractivity (Wildman–Crippen MR) is 44.9 cm³/mol. The number of rotatable bonds is 5. The van der Waals surface area contributed by atoms with Gasteiger partial charge in [-0.15, -0.1) is 0 Å². The number of nitrogens with zero attached hydrogens (tertiary/aromatic N) is 1. The van der Waals surface area contributed by atoms with Crippen LogP contribution >= 0.6 is 0 Å². The molecule has 1 N–H and O–H groups in total. The molecule has 0 aromatic heterocycles. The maximum Gasteiger partial charge on any atom is 0.0909 e. The van der Waals surface area contributed by atoms with Gasteiger partial charge in [-0.3, -0.25) is 0 Å². The highest BCUT2D eigenvalue weighted by atomic mass is 16.3. The molecule has 2 heteroatoms. The lowest BCUT2D eigenvalue weighted by Gasteiger charge is -2.02. The van der Waals surface area contributed by atoms with E-state index in [1.807, 2.05) is 6.07 Å². The van der Waals surface area contributed by atoms with Crippen molar-refractivity contribution in [1.82, 2.24) is 0 Å². The van der Waals surface area contributed by atoms with Crippen molar-refractivity contribution in [3.63, 3.8) is 0 Å². The van der Waals surface area contributed by atoms with E-state index in [0.717, 1.165) is 25.7 Å². The summed E-state index contributed by atoms with van der Waals surface area (Å²) in [5.74, 6) is 0.